The molecule has 1 heterocycles. The van der Waals surface area contributed by atoms with Crippen LogP contribution >= 0.6 is 0 Å². The second-order valence-electron chi connectivity index (χ2n) is 5.72. The molecule has 0 aliphatic heterocycles. The van der Waals surface area contributed by atoms with Crippen LogP contribution in [0.5, 0.6) is 0 Å². The van der Waals surface area contributed by atoms with Crippen LogP contribution in [0.1, 0.15) is 43.7 Å². The van der Waals surface area contributed by atoms with Gasteiger partial charge >= 0.3 is 0 Å². The fourth-order valence-corrected chi connectivity index (χ4v) is 2.36. The van der Waals surface area contributed by atoms with E-state index in [1.54, 1.807) is 18.3 Å². The Labute approximate surface area is 127 Å². The van der Waals surface area contributed by atoms with Crippen molar-refractivity contribution in [1.29, 1.82) is 0 Å². The minimum Gasteiger partial charge on any atom is -0.384 e. The molecule has 0 radical (unpaired) electrons. The predicted molar refractivity (Wildman–Crippen MR) is 83.7 cm³/mol. The highest BCUT2D eigenvalue weighted by atomic mass is 16.2. The van der Waals surface area contributed by atoms with Crippen LogP contribution in [0.2, 0.25) is 0 Å². The topological polar surface area (TPSA) is 62.2 Å². The third-order valence-electron chi connectivity index (χ3n) is 3.54. The van der Waals surface area contributed by atoms with Crippen LogP contribution in [0.4, 0.5) is 0 Å². The number of carbonyl (C=O) groups excluding carboxylic acids is 1. The quantitative estimate of drug-likeness (QED) is 0.816. The van der Waals surface area contributed by atoms with E-state index in [4.69, 9.17) is 5.11 Å². The Morgan fingerprint density at radius 2 is 2.00 bits per heavy atom. The standard InChI is InChI=1S/C17H24N2O2/c1-12(2)15(13(3)4)11-19-17(21)16-14(8-6-10-20)7-5-9-18-16/h5,7,9,12-13,15,20H,10-11H2,1-4H3,(H,19,21). The molecule has 1 aromatic heterocycles. The molecular weight excluding hydrogens is 264 g/mol. The third kappa shape index (κ3) is 5.20. The summed E-state index contributed by atoms with van der Waals surface area (Å²) in [6, 6.07) is 3.45. The monoisotopic (exact) mass is 288 g/mol. The summed E-state index contributed by atoms with van der Waals surface area (Å²) >= 11 is 0. The third-order valence-corrected chi connectivity index (χ3v) is 3.54. The van der Waals surface area contributed by atoms with Crippen molar-refractivity contribution in [2.45, 2.75) is 27.7 Å². The first-order chi connectivity index (χ1) is 9.97. The minimum atomic E-state index is -0.237. The molecular formula is C17H24N2O2. The molecule has 0 fully saturated rings. The Kier molecular flexibility index (Phi) is 6.90. The van der Waals surface area contributed by atoms with Gasteiger partial charge in [-0.25, -0.2) is 4.98 Å². The molecule has 0 spiro atoms. The minimum absolute atomic E-state index is 0.218. The number of rotatable bonds is 5. The van der Waals surface area contributed by atoms with Gasteiger partial charge in [-0.2, -0.15) is 0 Å². The van der Waals surface area contributed by atoms with Crippen LogP contribution < -0.4 is 5.32 Å². The van der Waals surface area contributed by atoms with Crippen molar-refractivity contribution in [3.8, 4) is 11.8 Å². The summed E-state index contributed by atoms with van der Waals surface area (Å²) in [5.41, 5.74) is 0.847. The van der Waals surface area contributed by atoms with Gasteiger partial charge in [0.1, 0.15) is 12.3 Å². The van der Waals surface area contributed by atoms with Crippen molar-refractivity contribution in [3.05, 3.63) is 29.6 Å². The first-order valence-corrected chi connectivity index (χ1v) is 7.30. The Hall–Kier alpha value is -1.86. The molecule has 0 unspecified atom stereocenters. The molecule has 0 aliphatic rings. The number of carbonyl (C=O) groups is 1. The van der Waals surface area contributed by atoms with Crippen molar-refractivity contribution < 1.29 is 9.90 Å². The van der Waals surface area contributed by atoms with Gasteiger partial charge in [0.25, 0.3) is 5.91 Å². The van der Waals surface area contributed by atoms with E-state index in [1.807, 2.05) is 0 Å². The molecule has 21 heavy (non-hydrogen) atoms. The lowest BCUT2D eigenvalue weighted by Gasteiger charge is -2.25. The van der Waals surface area contributed by atoms with Crippen LogP contribution in [0.25, 0.3) is 0 Å². The number of pyridine rings is 1. The summed E-state index contributed by atoms with van der Waals surface area (Å²) in [5, 5.41) is 11.7. The normalized spacial score (nSPS) is 10.7. The molecule has 4 nitrogen and oxygen atoms in total. The van der Waals surface area contributed by atoms with Gasteiger partial charge in [-0.05, 0) is 29.9 Å². The van der Waals surface area contributed by atoms with Crippen molar-refractivity contribution in [2.24, 2.45) is 17.8 Å². The summed E-state index contributed by atoms with van der Waals surface area (Å²) in [4.78, 5) is 16.4. The number of amides is 1. The molecule has 0 saturated carbocycles. The van der Waals surface area contributed by atoms with Crippen molar-refractivity contribution in [3.63, 3.8) is 0 Å². The van der Waals surface area contributed by atoms with Crippen LogP contribution in [0, 0.1) is 29.6 Å². The maximum atomic E-state index is 12.3. The van der Waals surface area contributed by atoms with Crippen molar-refractivity contribution >= 4 is 5.91 Å². The zero-order valence-electron chi connectivity index (χ0n) is 13.2. The van der Waals surface area contributed by atoms with Crippen LogP contribution in [0.3, 0.4) is 0 Å². The Balaban J connectivity index is 2.81. The Morgan fingerprint density at radius 1 is 1.33 bits per heavy atom. The van der Waals surface area contributed by atoms with Crippen LogP contribution in [0.15, 0.2) is 18.3 Å². The van der Waals surface area contributed by atoms with Crippen molar-refractivity contribution in [2.75, 3.05) is 13.2 Å². The van der Waals surface area contributed by atoms with E-state index in [0.717, 1.165) is 0 Å². The van der Waals surface area contributed by atoms with Gasteiger partial charge in [0.2, 0.25) is 0 Å². The highest BCUT2D eigenvalue weighted by Crippen LogP contribution is 2.19. The molecule has 0 saturated heterocycles. The molecule has 1 rings (SSSR count). The fourth-order valence-electron chi connectivity index (χ4n) is 2.36. The molecule has 114 valence electrons. The van der Waals surface area contributed by atoms with E-state index in [-0.39, 0.29) is 12.5 Å². The highest BCUT2D eigenvalue weighted by molar-refractivity contribution is 5.94. The number of aliphatic hydroxyl groups is 1. The van der Waals surface area contributed by atoms with Gasteiger partial charge in [-0.15, -0.1) is 0 Å². The average molecular weight is 288 g/mol. The van der Waals surface area contributed by atoms with Crippen LogP contribution in [-0.4, -0.2) is 29.1 Å². The molecule has 2 N–H and O–H groups in total. The largest absolute Gasteiger partial charge is 0.384 e. The number of aliphatic hydroxyl groups excluding tert-OH is 1. The lowest BCUT2D eigenvalue weighted by Crippen LogP contribution is -2.34. The predicted octanol–water partition coefficient (Wildman–Crippen LogP) is 2.08. The zero-order valence-corrected chi connectivity index (χ0v) is 13.2. The summed E-state index contributed by atoms with van der Waals surface area (Å²) in [5.74, 6) is 6.51. The molecule has 4 heteroatoms. The SMILES string of the molecule is CC(C)C(CNC(=O)c1ncccc1C#CCO)C(C)C. The van der Waals surface area contributed by atoms with Gasteiger partial charge in [0.05, 0.1) is 5.56 Å². The Bertz CT molecular complexity index is 519. The van der Waals surface area contributed by atoms with Crippen LogP contribution in [-0.2, 0) is 0 Å². The Morgan fingerprint density at radius 3 is 2.57 bits per heavy atom. The van der Waals surface area contributed by atoms with E-state index in [0.29, 0.717) is 35.6 Å². The van der Waals surface area contributed by atoms with Crippen molar-refractivity contribution in [1.82, 2.24) is 10.3 Å². The lowest BCUT2D eigenvalue weighted by molar-refractivity contribution is 0.0932. The van der Waals surface area contributed by atoms with E-state index in [1.165, 1.54) is 0 Å². The number of aromatic nitrogens is 1. The molecule has 1 amide bonds. The number of hydrogen-bond donors (Lipinski definition) is 2. The fraction of sp³-hybridized carbons (Fsp3) is 0.529. The van der Waals surface area contributed by atoms with Gasteiger partial charge < -0.3 is 10.4 Å². The average Bonchev–Trinajstić information content (AvgIpc) is 2.44. The van der Waals surface area contributed by atoms with E-state index in [2.05, 4.69) is 49.8 Å². The zero-order chi connectivity index (χ0) is 15.8. The lowest BCUT2D eigenvalue weighted by atomic mass is 9.85. The van der Waals surface area contributed by atoms with Gasteiger partial charge in [-0.1, -0.05) is 39.5 Å². The number of nitrogens with zero attached hydrogens (tertiary/aromatic N) is 1. The van der Waals surface area contributed by atoms with Gasteiger partial charge in [0.15, 0.2) is 0 Å². The molecule has 1 aromatic rings. The molecule has 0 bridgehead atoms. The van der Waals surface area contributed by atoms with E-state index < -0.39 is 0 Å². The first kappa shape index (κ1) is 17.2. The number of hydrogen-bond acceptors (Lipinski definition) is 3. The molecule has 0 aromatic carbocycles. The second kappa shape index (κ2) is 8.43. The number of nitrogens with one attached hydrogen (secondary N) is 1. The summed E-state index contributed by atoms with van der Waals surface area (Å²) in [6.45, 7) is 9.04. The molecule has 0 atom stereocenters. The maximum Gasteiger partial charge on any atom is 0.271 e. The highest BCUT2D eigenvalue weighted by Gasteiger charge is 2.19. The van der Waals surface area contributed by atoms with E-state index >= 15 is 0 Å². The van der Waals surface area contributed by atoms with Gasteiger partial charge in [0, 0.05) is 12.7 Å². The summed E-state index contributed by atoms with van der Waals surface area (Å²) in [7, 11) is 0. The summed E-state index contributed by atoms with van der Waals surface area (Å²) < 4.78 is 0. The molecule has 0 aliphatic carbocycles. The van der Waals surface area contributed by atoms with E-state index in [9.17, 15) is 4.79 Å². The smallest absolute Gasteiger partial charge is 0.271 e. The first-order valence-electron chi connectivity index (χ1n) is 7.30. The maximum absolute atomic E-state index is 12.3. The summed E-state index contributed by atoms with van der Waals surface area (Å²) in [6.07, 6.45) is 1.57. The second-order valence-corrected chi connectivity index (χ2v) is 5.72. The van der Waals surface area contributed by atoms with Gasteiger partial charge in [-0.3, -0.25) is 4.79 Å².